The van der Waals surface area contributed by atoms with Crippen molar-refractivity contribution < 1.29 is 13.6 Å². The summed E-state index contributed by atoms with van der Waals surface area (Å²) in [5, 5.41) is 6.20. The van der Waals surface area contributed by atoms with Crippen LogP contribution in [0, 0.1) is 17.6 Å². The highest BCUT2D eigenvalue weighted by Crippen LogP contribution is 2.49. The smallest absolute Gasteiger partial charge is 0.224 e. The van der Waals surface area contributed by atoms with Crippen LogP contribution in [-0.4, -0.2) is 25.0 Å². The third-order valence-electron chi connectivity index (χ3n) is 4.14. The first-order valence-corrected chi connectivity index (χ1v) is 7.12. The number of carbonyl (C=O) groups is 1. The summed E-state index contributed by atoms with van der Waals surface area (Å²) in [6.45, 7) is 1.76. The summed E-state index contributed by atoms with van der Waals surface area (Å²) in [5.74, 6) is -1.78. The van der Waals surface area contributed by atoms with Crippen molar-refractivity contribution in [1.82, 2.24) is 10.6 Å². The molecule has 2 N–H and O–H groups in total. The Hall–Kier alpha value is -1.20. The predicted molar refractivity (Wildman–Crippen MR) is 78.5 cm³/mol. The van der Waals surface area contributed by atoms with E-state index in [1.54, 1.807) is 0 Å². The minimum absolute atomic E-state index is 0. The molecule has 1 saturated heterocycles. The van der Waals surface area contributed by atoms with Crippen LogP contribution in [0.5, 0.6) is 0 Å². The first-order chi connectivity index (χ1) is 9.66. The third kappa shape index (κ3) is 3.52. The van der Waals surface area contributed by atoms with Gasteiger partial charge in [-0.2, -0.15) is 0 Å². The van der Waals surface area contributed by atoms with Gasteiger partial charge in [-0.1, -0.05) is 6.07 Å². The molecule has 1 saturated carbocycles. The van der Waals surface area contributed by atoms with E-state index in [1.807, 2.05) is 0 Å². The molecule has 1 aromatic carbocycles. The zero-order valence-corrected chi connectivity index (χ0v) is 12.4. The van der Waals surface area contributed by atoms with Crippen LogP contribution in [0.1, 0.15) is 30.7 Å². The molecule has 116 valence electrons. The highest BCUT2D eigenvalue weighted by molar-refractivity contribution is 5.85. The lowest BCUT2D eigenvalue weighted by molar-refractivity contribution is -0.123. The molecule has 0 spiro atoms. The van der Waals surface area contributed by atoms with Crippen LogP contribution in [0.15, 0.2) is 18.2 Å². The SMILES string of the molecule is Cl.O=C(N[C@H]1CCCNC1)C1CC1c1c(F)cccc1F. The lowest BCUT2D eigenvalue weighted by Gasteiger charge is -2.23. The standard InChI is InChI=1S/C15H18F2N2O.ClH/c16-12-4-1-5-13(17)14(12)10-7-11(10)15(20)19-9-3-2-6-18-8-9;/h1,4-5,9-11,18H,2-3,6-8H2,(H,19,20);1H/t9-,10?,11?;/m0./s1. The van der Waals surface area contributed by atoms with E-state index in [4.69, 9.17) is 0 Å². The summed E-state index contributed by atoms with van der Waals surface area (Å²) >= 11 is 0. The van der Waals surface area contributed by atoms with Crippen molar-refractivity contribution in [3.05, 3.63) is 35.4 Å². The molecule has 6 heteroatoms. The molecule has 1 aliphatic heterocycles. The van der Waals surface area contributed by atoms with E-state index < -0.39 is 11.6 Å². The molecule has 1 aromatic rings. The van der Waals surface area contributed by atoms with Crippen molar-refractivity contribution in [2.24, 2.45) is 5.92 Å². The lowest BCUT2D eigenvalue weighted by Crippen LogP contribution is -2.46. The molecule has 21 heavy (non-hydrogen) atoms. The van der Waals surface area contributed by atoms with Crippen molar-refractivity contribution in [3.63, 3.8) is 0 Å². The summed E-state index contributed by atoms with van der Waals surface area (Å²) in [5.41, 5.74) is 0.0643. The molecule has 0 radical (unpaired) electrons. The number of carbonyl (C=O) groups excluding carboxylic acids is 1. The number of benzene rings is 1. The Morgan fingerprint density at radius 3 is 2.62 bits per heavy atom. The van der Waals surface area contributed by atoms with Crippen molar-refractivity contribution in [2.45, 2.75) is 31.2 Å². The maximum atomic E-state index is 13.7. The van der Waals surface area contributed by atoms with Crippen LogP contribution in [0.4, 0.5) is 8.78 Å². The first-order valence-electron chi connectivity index (χ1n) is 7.12. The summed E-state index contributed by atoms with van der Waals surface area (Å²) < 4.78 is 27.3. The van der Waals surface area contributed by atoms with E-state index in [2.05, 4.69) is 10.6 Å². The Balaban J connectivity index is 0.00000161. The van der Waals surface area contributed by atoms with Gasteiger partial charge in [0.15, 0.2) is 0 Å². The molecule has 2 aliphatic rings. The second-order valence-corrected chi connectivity index (χ2v) is 5.64. The minimum atomic E-state index is -0.551. The van der Waals surface area contributed by atoms with Gasteiger partial charge in [0.05, 0.1) is 0 Å². The quantitative estimate of drug-likeness (QED) is 0.899. The molecule has 1 heterocycles. The van der Waals surface area contributed by atoms with E-state index in [0.29, 0.717) is 6.42 Å². The molecule has 3 rings (SSSR count). The maximum Gasteiger partial charge on any atom is 0.224 e. The molecule has 3 nitrogen and oxygen atoms in total. The predicted octanol–water partition coefficient (Wildman–Crippen LogP) is 2.36. The number of piperidine rings is 1. The average molecular weight is 317 g/mol. The van der Waals surface area contributed by atoms with Gasteiger partial charge in [0, 0.05) is 30.0 Å². The molecule has 1 amide bonds. The largest absolute Gasteiger partial charge is 0.352 e. The van der Waals surface area contributed by atoms with Crippen LogP contribution >= 0.6 is 12.4 Å². The average Bonchev–Trinajstić information content (AvgIpc) is 3.20. The number of halogens is 3. The van der Waals surface area contributed by atoms with Gasteiger partial charge in [-0.25, -0.2) is 8.78 Å². The van der Waals surface area contributed by atoms with Gasteiger partial charge in [0.25, 0.3) is 0 Å². The Bertz CT molecular complexity index is 500. The molecule has 0 bridgehead atoms. The van der Waals surface area contributed by atoms with Gasteiger partial charge in [-0.05, 0) is 37.9 Å². The molecule has 3 atom stereocenters. The third-order valence-corrected chi connectivity index (χ3v) is 4.14. The van der Waals surface area contributed by atoms with E-state index in [0.717, 1.165) is 25.9 Å². The zero-order chi connectivity index (χ0) is 14.1. The fraction of sp³-hybridized carbons (Fsp3) is 0.533. The number of nitrogens with one attached hydrogen (secondary N) is 2. The lowest BCUT2D eigenvalue weighted by atomic mass is 10.1. The van der Waals surface area contributed by atoms with Gasteiger partial charge in [0.1, 0.15) is 11.6 Å². The highest BCUT2D eigenvalue weighted by Gasteiger charge is 2.46. The van der Waals surface area contributed by atoms with Crippen molar-refractivity contribution in [2.75, 3.05) is 13.1 Å². The molecule has 2 fully saturated rings. The van der Waals surface area contributed by atoms with Crippen molar-refractivity contribution in [3.8, 4) is 0 Å². The minimum Gasteiger partial charge on any atom is -0.352 e. The zero-order valence-electron chi connectivity index (χ0n) is 11.6. The fourth-order valence-corrected chi connectivity index (χ4v) is 2.95. The Morgan fingerprint density at radius 2 is 2.00 bits per heavy atom. The molecule has 0 aromatic heterocycles. The highest BCUT2D eigenvalue weighted by atomic mass is 35.5. The normalized spacial score (nSPS) is 27.6. The van der Waals surface area contributed by atoms with E-state index in [-0.39, 0.29) is 41.8 Å². The number of hydrogen-bond donors (Lipinski definition) is 2. The topological polar surface area (TPSA) is 41.1 Å². The number of rotatable bonds is 3. The monoisotopic (exact) mass is 316 g/mol. The second-order valence-electron chi connectivity index (χ2n) is 5.64. The maximum absolute atomic E-state index is 13.7. The molecular weight excluding hydrogens is 298 g/mol. The second kappa shape index (κ2) is 6.71. The van der Waals surface area contributed by atoms with Crippen molar-refractivity contribution >= 4 is 18.3 Å². The van der Waals surface area contributed by atoms with Gasteiger partial charge in [-0.3, -0.25) is 4.79 Å². The summed E-state index contributed by atoms with van der Waals surface area (Å²) in [6, 6.07) is 3.98. The van der Waals surface area contributed by atoms with E-state index in [1.165, 1.54) is 18.2 Å². The Morgan fingerprint density at radius 1 is 1.29 bits per heavy atom. The number of hydrogen-bond acceptors (Lipinski definition) is 2. The molecule has 1 aliphatic carbocycles. The van der Waals surface area contributed by atoms with E-state index in [9.17, 15) is 13.6 Å². The fourth-order valence-electron chi connectivity index (χ4n) is 2.95. The first kappa shape index (κ1) is 16.2. The van der Waals surface area contributed by atoms with Gasteiger partial charge >= 0.3 is 0 Å². The summed E-state index contributed by atoms with van der Waals surface area (Å²) in [7, 11) is 0. The molecule has 2 unspecified atom stereocenters. The van der Waals surface area contributed by atoms with Crippen LogP contribution in [0.25, 0.3) is 0 Å². The van der Waals surface area contributed by atoms with E-state index >= 15 is 0 Å². The van der Waals surface area contributed by atoms with Crippen LogP contribution in [0.2, 0.25) is 0 Å². The summed E-state index contributed by atoms with van der Waals surface area (Å²) in [6.07, 6.45) is 2.54. The van der Waals surface area contributed by atoms with Gasteiger partial charge in [0.2, 0.25) is 5.91 Å². The van der Waals surface area contributed by atoms with Gasteiger partial charge < -0.3 is 10.6 Å². The summed E-state index contributed by atoms with van der Waals surface area (Å²) in [4.78, 5) is 12.1. The number of amides is 1. The van der Waals surface area contributed by atoms with Gasteiger partial charge in [-0.15, -0.1) is 12.4 Å². The molecular formula is C15H19ClF2N2O. The Kier molecular flexibility index (Phi) is 5.17. The van der Waals surface area contributed by atoms with Crippen LogP contribution < -0.4 is 10.6 Å². The van der Waals surface area contributed by atoms with Crippen molar-refractivity contribution in [1.29, 1.82) is 0 Å². The van der Waals surface area contributed by atoms with Crippen LogP contribution in [0.3, 0.4) is 0 Å². The van der Waals surface area contributed by atoms with Crippen LogP contribution in [-0.2, 0) is 4.79 Å². The Labute approximate surface area is 128 Å².